The summed E-state index contributed by atoms with van der Waals surface area (Å²) in [6, 6.07) is 3.90. The number of hydrogen-bond acceptors (Lipinski definition) is 3. The largest absolute Gasteiger partial charge is 0.393 e. The molecule has 92 valence electrons. The molecule has 0 bridgehead atoms. The fourth-order valence-corrected chi connectivity index (χ4v) is 1.58. The van der Waals surface area contributed by atoms with Crippen molar-refractivity contribution in [1.82, 2.24) is 0 Å². The van der Waals surface area contributed by atoms with E-state index in [0.717, 1.165) is 0 Å². The van der Waals surface area contributed by atoms with E-state index >= 15 is 0 Å². The molecule has 2 atom stereocenters. The molecule has 2 unspecified atom stereocenters. The van der Waals surface area contributed by atoms with Gasteiger partial charge in [0.2, 0.25) is 0 Å². The molecule has 0 saturated carbocycles. The normalized spacial score (nSPS) is 13.9. The van der Waals surface area contributed by atoms with Crippen LogP contribution in [-0.2, 0) is 0 Å². The Bertz CT molecular complexity index is 441. The fourth-order valence-electron chi connectivity index (χ4n) is 1.58. The molecule has 0 aliphatic heterocycles. The smallest absolute Gasteiger partial charge is 0.183 e. The molecule has 1 rings (SSSR count). The Hall–Kier alpha value is -1.67. The van der Waals surface area contributed by atoms with Crippen molar-refractivity contribution in [3.8, 4) is 6.07 Å². The van der Waals surface area contributed by atoms with E-state index in [9.17, 15) is 8.78 Å². The van der Waals surface area contributed by atoms with Crippen LogP contribution in [-0.4, -0.2) is 17.3 Å². The number of hydrogen-bond donors (Lipinski definition) is 2. The predicted octanol–water partition coefficient (Wildman–Crippen LogP) is 2.41. The molecular weight excluding hydrogens is 226 g/mol. The Kier molecular flexibility index (Phi) is 4.41. The maximum Gasteiger partial charge on any atom is 0.183 e. The molecule has 0 amide bonds. The van der Waals surface area contributed by atoms with Gasteiger partial charge < -0.3 is 10.4 Å². The van der Waals surface area contributed by atoms with Gasteiger partial charge in [0.05, 0.1) is 17.4 Å². The first-order valence-electron chi connectivity index (χ1n) is 5.28. The topological polar surface area (TPSA) is 56.0 Å². The Morgan fingerprint density at radius 3 is 2.53 bits per heavy atom. The van der Waals surface area contributed by atoms with Crippen LogP contribution in [0.2, 0.25) is 0 Å². The SMILES string of the molecule is CC(O)CC(C)Nc1ccc(C#N)c(F)c1F. The van der Waals surface area contributed by atoms with Crippen molar-refractivity contribution in [2.45, 2.75) is 32.4 Å². The number of rotatable bonds is 4. The Labute approximate surface area is 98.7 Å². The summed E-state index contributed by atoms with van der Waals surface area (Å²) in [5, 5.41) is 20.4. The number of aliphatic hydroxyl groups is 1. The number of nitrogens with zero attached hydrogens (tertiary/aromatic N) is 1. The lowest BCUT2D eigenvalue weighted by atomic mass is 10.1. The second kappa shape index (κ2) is 5.60. The standard InChI is InChI=1S/C12H14F2N2O/c1-7(5-8(2)17)16-10-4-3-9(6-15)11(13)12(10)14/h3-4,7-8,16-17H,5H2,1-2H3. The number of halogens is 2. The van der Waals surface area contributed by atoms with Crippen molar-refractivity contribution in [3.63, 3.8) is 0 Å². The second-order valence-electron chi connectivity index (χ2n) is 4.03. The van der Waals surface area contributed by atoms with Gasteiger partial charge in [-0.2, -0.15) is 5.26 Å². The van der Waals surface area contributed by atoms with Crippen molar-refractivity contribution in [3.05, 3.63) is 29.3 Å². The molecule has 0 aliphatic rings. The average Bonchev–Trinajstić information content (AvgIpc) is 2.24. The molecule has 0 heterocycles. The van der Waals surface area contributed by atoms with Gasteiger partial charge in [0.15, 0.2) is 11.6 Å². The Morgan fingerprint density at radius 2 is 2.00 bits per heavy atom. The third-order valence-electron chi connectivity index (χ3n) is 2.30. The quantitative estimate of drug-likeness (QED) is 0.849. The fraction of sp³-hybridized carbons (Fsp3) is 0.417. The highest BCUT2D eigenvalue weighted by Gasteiger charge is 2.15. The molecule has 17 heavy (non-hydrogen) atoms. The lowest BCUT2D eigenvalue weighted by Gasteiger charge is -2.17. The molecule has 3 nitrogen and oxygen atoms in total. The first-order chi connectivity index (χ1) is 7.95. The van der Waals surface area contributed by atoms with E-state index in [1.54, 1.807) is 19.9 Å². The molecule has 2 N–H and O–H groups in total. The highest BCUT2D eigenvalue weighted by Crippen LogP contribution is 2.21. The van der Waals surface area contributed by atoms with Crippen LogP contribution >= 0.6 is 0 Å². The molecular formula is C12H14F2N2O. The third kappa shape index (κ3) is 3.40. The Balaban J connectivity index is 2.87. The number of nitrogens with one attached hydrogen (secondary N) is 1. The van der Waals surface area contributed by atoms with Crippen molar-refractivity contribution in [2.24, 2.45) is 0 Å². The van der Waals surface area contributed by atoms with Crippen molar-refractivity contribution in [2.75, 3.05) is 5.32 Å². The first-order valence-corrected chi connectivity index (χ1v) is 5.28. The van der Waals surface area contributed by atoms with Crippen LogP contribution in [0, 0.1) is 23.0 Å². The van der Waals surface area contributed by atoms with Crippen LogP contribution in [0.3, 0.4) is 0 Å². The van der Waals surface area contributed by atoms with Gasteiger partial charge in [0.1, 0.15) is 6.07 Å². The van der Waals surface area contributed by atoms with E-state index in [2.05, 4.69) is 5.32 Å². The highest BCUT2D eigenvalue weighted by molar-refractivity contribution is 5.50. The van der Waals surface area contributed by atoms with Gasteiger partial charge in [-0.3, -0.25) is 0 Å². The highest BCUT2D eigenvalue weighted by atomic mass is 19.2. The van der Waals surface area contributed by atoms with E-state index in [4.69, 9.17) is 10.4 Å². The van der Waals surface area contributed by atoms with E-state index in [0.29, 0.717) is 6.42 Å². The summed E-state index contributed by atoms with van der Waals surface area (Å²) in [6.07, 6.45) is -0.107. The molecule has 5 heteroatoms. The van der Waals surface area contributed by atoms with Crippen LogP contribution in [0.5, 0.6) is 0 Å². The van der Waals surface area contributed by atoms with Crippen LogP contribution < -0.4 is 5.32 Å². The summed E-state index contributed by atoms with van der Waals surface area (Å²) in [6.45, 7) is 3.37. The zero-order valence-corrected chi connectivity index (χ0v) is 9.67. The van der Waals surface area contributed by atoms with Gasteiger partial charge in [-0.25, -0.2) is 8.78 Å². The zero-order chi connectivity index (χ0) is 13.0. The maximum absolute atomic E-state index is 13.5. The van der Waals surface area contributed by atoms with Crippen LogP contribution in [0.1, 0.15) is 25.8 Å². The van der Waals surface area contributed by atoms with E-state index in [1.807, 2.05) is 0 Å². The van der Waals surface area contributed by atoms with Gasteiger partial charge in [-0.1, -0.05) is 0 Å². The monoisotopic (exact) mass is 240 g/mol. The molecule has 0 fully saturated rings. The van der Waals surface area contributed by atoms with Gasteiger partial charge in [-0.15, -0.1) is 0 Å². The predicted molar refractivity (Wildman–Crippen MR) is 60.5 cm³/mol. The van der Waals surface area contributed by atoms with Gasteiger partial charge in [-0.05, 0) is 32.4 Å². The molecule has 0 spiro atoms. The summed E-state index contributed by atoms with van der Waals surface area (Å²) in [5.74, 6) is -2.22. The number of anilines is 1. The maximum atomic E-state index is 13.5. The second-order valence-corrected chi connectivity index (χ2v) is 4.03. The number of aliphatic hydroxyl groups excluding tert-OH is 1. The molecule has 1 aromatic rings. The minimum atomic E-state index is -1.15. The van der Waals surface area contributed by atoms with E-state index < -0.39 is 17.7 Å². The van der Waals surface area contributed by atoms with E-state index in [-0.39, 0.29) is 17.3 Å². The number of nitriles is 1. The summed E-state index contributed by atoms with van der Waals surface area (Å²) in [5.41, 5.74) is -0.328. The molecule has 0 saturated heterocycles. The Morgan fingerprint density at radius 1 is 1.35 bits per heavy atom. The van der Waals surface area contributed by atoms with Crippen LogP contribution in [0.25, 0.3) is 0 Å². The molecule has 0 aromatic heterocycles. The number of benzene rings is 1. The van der Waals surface area contributed by atoms with Crippen LogP contribution in [0.4, 0.5) is 14.5 Å². The van der Waals surface area contributed by atoms with Crippen LogP contribution in [0.15, 0.2) is 12.1 Å². The summed E-state index contributed by atoms with van der Waals surface area (Å²) in [7, 11) is 0. The first kappa shape index (κ1) is 13.4. The minimum absolute atomic E-state index is 0.00495. The van der Waals surface area contributed by atoms with Crippen molar-refractivity contribution < 1.29 is 13.9 Å². The third-order valence-corrected chi connectivity index (χ3v) is 2.30. The van der Waals surface area contributed by atoms with Crippen molar-refractivity contribution >= 4 is 5.69 Å². The average molecular weight is 240 g/mol. The molecule has 1 aromatic carbocycles. The minimum Gasteiger partial charge on any atom is -0.393 e. The zero-order valence-electron chi connectivity index (χ0n) is 9.67. The lowest BCUT2D eigenvalue weighted by molar-refractivity contribution is 0.179. The van der Waals surface area contributed by atoms with Gasteiger partial charge in [0.25, 0.3) is 0 Å². The summed E-state index contributed by atoms with van der Waals surface area (Å²) in [4.78, 5) is 0. The molecule has 0 radical (unpaired) electrons. The van der Waals surface area contributed by atoms with Gasteiger partial charge >= 0.3 is 0 Å². The summed E-state index contributed by atoms with van der Waals surface area (Å²) >= 11 is 0. The lowest BCUT2D eigenvalue weighted by Crippen LogP contribution is -2.21. The summed E-state index contributed by atoms with van der Waals surface area (Å²) < 4.78 is 26.8. The van der Waals surface area contributed by atoms with E-state index in [1.165, 1.54) is 12.1 Å². The molecule has 0 aliphatic carbocycles. The van der Waals surface area contributed by atoms with Crippen molar-refractivity contribution in [1.29, 1.82) is 5.26 Å². The van der Waals surface area contributed by atoms with Gasteiger partial charge in [0, 0.05) is 6.04 Å².